The van der Waals surface area contributed by atoms with E-state index in [9.17, 15) is 9.18 Å². The average Bonchev–Trinajstić information content (AvgIpc) is 3.00. The van der Waals surface area contributed by atoms with Crippen molar-refractivity contribution < 1.29 is 14.4 Å². The van der Waals surface area contributed by atoms with Crippen molar-refractivity contribution in [2.45, 2.75) is 32.6 Å². The maximum absolute atomic E-state index is 13.9. The number of halogens is 1. The minimum Gasteiger partial charge on any atom is -0.372 e. The summed E-state index contributed by atoms with van der Waals surface area (Å²) in [5.41, 5.74) is 8.23. The van der Waals surface area contributed by atoms with Crippen LogP contribution >= 0.6 is 0 Å². The molecule has 4 rings (SSSR count). The highest BCUT2D eigenvalue weighted by molar-refractivity contribution is 6.08. The van der Waals surface area contributed by atoms with Crippen LogP contribution < -0.4 is 10.4 Å². The monoisotopic (exact) mass is 392 g/mol. The lowest BCUT2D eigenvalue weighted by molar-refractivity contribution is -0.128. The van der Waals surface area contributed by atoms with Gasteiger partial charge in [0.05, 0.1) is 6.42 Å². The van der Waals surface area contributed by atoms with Crippen LogP contribution in [0.5, 0.6) is 0 Å². The van der Waals surface area contributed by atoms with Gasteiger partial charge in [-0.1, -0.05) is 18.2 Å². The van der Waals surface area contributed by atoms with E-state index in [1.54, 1.807) is 11.5 Å². The second-order valence-corrected chi connectivity index (χ2v) is 7.70. The Labute approximate surface area is 170 Å². The van der Waals surface area contributed by atoms with E-state index in [0.29, 0.717) is 5.56 Å². The van der Waals surface area contributed by atoms with Crippen molar-refractivity contribution in [2.24, 2.45) is 0 Å². The van der Waals surface area contributed by atoms with Crippen LogP contribution in [0, 0.1) is 5.82 Å². The predicted molar refractivity (Wildman–Crippen MR) is 114 cm³/mol. The summed E-state index contributed by atoms with van der Waals surface area (Å²) in [5.74, 6) is -0.854. The SMILES string of the molecule is CC1=C(CC(=O)NO)c2cc(F)ccc2/C1=C\c1ccc(N2CCCCC2)cc1. The van der Waals surface area contributed by atoms with E-state index in [4.69, 9.17) is 5.21 Å². The smallest absolute Gasteiger partial charge is 0.247 e. The number of carbonyl (C=O) groups excluding carboxylic acids is 1. The van der Waals surface area contributed by atoms with Crippen molar-refractivity contribution in [2.75, 3.05) is 18.0 Å². The summed E-state index contributed by atoms with van der Waals surface area (Å²) >= 11 is 0. The standard InChI is InChI=1S/C24H25FN2O2/c1-16-21(13-17-5-8-19(9-6-17)27-11-3-2-4-12-27)20-10-7-18(25)14-23(20)22(16)15-24(28)26-29/h5-10,13-14,29H,2-4,11-12,15H2,1H3,(H,26,28)/b21-13-. The lowest BCUT2D eigenvalue weighted by Crippen LogP contribution is -2.29. The van der Waals surface area contributed by atoms with Crippen LogP contribution in [0.1, 0.15) is 49.3 Å². The number of hydrogen-bond acceptors (Lipinski definition) is 3. The number of anilines is 1. The Morgan fingerprint density at radius 1 is 1.10 bits per heavy atom. The number of hydroxylamine groups is 1. The van der Waals surface area contributed by atoms with Gasteiger partial charge in [0.2, 0.25) is 5.91 Å². The van der Waals surface area contributed by atoms with E-state index >= 15 is 0 Å². The highest BCUT2D eigenvalue weighted by atomic mass is 19.1. The summed E-state index contributed by atoms with van der Waals surface area (Å²) < 4.78 is 13.9. The third-order valence-electron chi connectivity index (χ3n) is 5.84. The number of fused-ring (bicyclic) bond motifs is 1. The van der Waals surface area contributed by atoms with Gasteiger partial charge in [-0.05, 0) is 89.9 Å². The maximum Gasteiger partial charge on any atom is 0.247 e. The first-order chi connectivity index (χ1) is 14.1. The topological polar surface area (TPSA) is 52.6 Å². The zero-order valence-corrected chi connectivity index (χ0v) is 16.5. The van der Waals surface area contributed by atoms with Gasteiger partial charge in [-0.15, -0.1) is 0 Å². The van der Waals surface area contributed by atoms with E-state index < -0.39 is 5.91 Å². The predicted octanol–water partition coefficient (Wildman–Crippen LogP) is 5.04. The van der Waals surface area contributed by atoms with Crippen molar-refractivity contribution >= 4 is 28.8 Å². The maximum atomic E-state index is 13.9. The molecule has 0 bridgehead atoms. The van der Waals surface area contributed by atoms with Gasteiger partial charge in [0.1, 0.15) is 5.82 Å². The molecular formula is C24H25FN2O2. The molecular weight excluding hydrogens is 367 g/mol. The lowest BCUT2D eigenvalue weighted by atomic mass is 10.0. The van der Waals surface area contributed by atoms with Gasteiger partial charge in [0.25, 0.3) is 0 Å². The summed E-state index contributed by atoms with van der Waals surface area (Å²) in [6, 6.07) is 13.2. The lowest BCUT2D eigenvalue weighted by Gasteiger charge is -2.28. The van der Waals surface area contributed by atoms with Crippen LogP contribution in [-0.2, 0) is 4.79 Å². The van der Waals surface area contributed by atoms with Crippen LogP contribution in [0.3, 0.4) is 0 Å². The number of carbonyl (C=O) groups is 1. The Kier molecular flexibility index (Phi) is 5.49. The van der Waals surface area contributed by atoms with Crippen molar-refractivity contribution in [3.63, 3.8) is 0 Å². The van der Waals surface area contributed by atoms with Crippen molar-refractivity contribution in [3.05, 3.63) is 70.5 Å². The molecule has 4 nitrogen and oxygen atoms in total. The van der Waals surface area contributed by atoms with Crippen LogP contribution in [0.4, 0.5) is 10.1 Å². The summed E-state index contributed by atoms with van der Waals surface area (Å²) in [6.45, 7) is 4.15. The summed E-state index contributed by atoms with van der Waals surface area (Å²) in [6.07, 6.45) is 5.88. The number of hydrogen-bond donors (Lipinski definition) is 2. The summed E-state index contributed by atoms with van der Waals surface area (Å²) in [7, 11) is 0. The summed E-state index contributed by atoms with van der Waals surface area (Å²) in [5, 5.41) is 8.90. The van der Waals surface area contributed by atoms with Crippen molar-refractivity contribution in [1.29, 1.82) is 0 Å². The molecule has 0 aromatic heterocycles. The second-order valence-electron chi connectivity index (χ2n) is 7.70. The molecule has 1 aliphatic heterocycles. The minimum atomic E-state index is -0.512. The van der Waals surface area contributed by atoms with Gasteiger partial charge in [-0.25, -0.2) is 9.87 Å². The van der Waals surface area contributed by atoms with Gasteiger partial charge in [0.15, 0.2) is 0 Å². The molecule has 1 fully saturated rings. The Bertz CT molecular complexity index is 986. The van der Waals surface area contributed by atoms with Crippen LogP contribution in [-0.4, -0.2) is 24.2 Å². The van der Waals surface area contributed by atoms with Crippen LogP contribution in [0.2, 0.25) is 0 Å². The quantitative estimate of drug-likeness (QED) is 0.566. The van der Waals surface area contributed by atoms with E-state index in [0.717, 1.165) is 40.9 Å². The highest BCUT2D eigenvalue weighted by Crippen LogP contribution is 2.43. The molecule has 0 radical (unpaired) electrons. The molecule has 2 N–H and O–H groups in total. The number of allylic oxidation sites excluding steroid dienone is 2. The van der Waals surface area contributed by atoms with Crippen molar-refractivity contribution in [3.8, 4) is 0 Å². The zero-order chi connectivity index (χ0) is 20.4. The first kappa shape index (κ1) is 19.4. The number of nitrogens with one attached hydrogen (secondary N) is 1. The normalized spacial score (nSPS) is 17.6. The van der Waals surface area contributed by atoms with E-state index in [1.807, 2.05) is 6.92 Å². The largest absolute Gasteiger partial charge is 0.372 e. The molecule has 1 saturated heterocycles. The van der Waals surface area contributed by atoms with E-state index in [-0.39, 0.29) is 12.2 Å². The molecule has 1 heterocycles. The molecule has 5 heteroatoms. The third-order valence-corrected chi connectivity index (χ3v) is 5.84. The Balaban J connectivity index is 1.68. The number of rotatable bonds is 4. The molecule has 0 saturated carbocycles. The molecule has 0 unspecified atom stereocenters. The number of amides is 1. The van der Waals surface area contributed by atoms with Crippen LogP contribution in [0.15, 0.2) is 48.0 Å². The van der Waals surface area contributed by atoms with Gasteiger partial charge in [-0.2, -0.15) is 0 Å². The zero-order valence-electron chi connectivity index (χ0n) is 16.5. The molecule has 0 atom stereocenters. The Morgan fingerprint density at radius 3 is 2.52 bits per heavy atom. The highest BCUT2D eigenvalue weighted by Gasteiger charge is 2.25. The van der Waals surface area contributed by atoms with Crippen molar-refractivity contribution in [1.82, 2.24) is 5.48 Å². The number of piperidine rings is 1. The first-order valence-corrected chi connectivity index (χ1v) is 10.1. The van der Waals surface area contributed by atoms with E-state index in [2.05, 4.69) is 35.2 Å². The fourth-order valence-electron chi connectivity index (χ4n) is 4.28. The molecule has 29 heavy (non-hydrogen) atoms. The fraction of sp³-hybridized carbons (Fsp3) is 0.292. The number of benzene rings is 2. The molecule has 150 valence electrons. The number of nitrogens with zero attached hydrogens (tertiary/aromatic N) is 1. The fourth-order valence-corrected chi connectivity index (χ4v) is 4.28. The van der Waals surface area contributed by atoms with E-state index in [1.165, 1.54) is 37.1 Å². The third kappa shape index (κ3) is 3.96. The van der Waals surface area contributed by atoms with Gasteiger partial charge in [0, 0.05) is 18.8 Å². The average molecular weight is 392 g/mol. The molecule has 0 spiro atoms. The van der Waals surface area contributed by atoms with Gasteiger partial charge >= 0.3 is 0 Å². The molecule has 2 aromatic rings. The molecule has 1 aliphatic carbocycles. The Hall–Kier alpha value is -2.92. The Morgan fingerprint density at radius 2 is 1.83 bits per heavy atom. The first-order valence-electron chi connectivity index (χ1n) is 10.1. The summed E-state index contributed by atoms with van der Waals surface area (Å²) in [4.78, 5) is 14.2. The van der Waals surface area contributed by atoms with Gasteiger partial charge in [-0.3, -0.25) is 10.0 Å². The van der Waals surface area contributed by atoms with Crippen LogP contribution in [0.25, 0.3) is 17.2 Å². The minimum absolute atomic E-state index is 0.00399. The molecule has 2 aromatic carbocycles. The molecule has 1 amide bonds. The second kappa shape index (κ2) is 8.21. The molecule has 2 aliphatic rings. The van der Waals surface area contributed by atoms with Gasteiger partial charge < -0.3 is 4.90 Å².